The minimum absolute atomic E-state index is 0.00245. The molecule has 3 nitrogen and oxygen atoms in total. The minimum Gasteiger partial charge on any atom is -0.456 e. The van der Waals surface area contributed by atoms with E-state index in [1.54, 1.807) is 27.7 Å². The first-order valence-corrected chi connectivity index (χ1v) is 9.56. The molecular formula is C22H19Cl2F3O3. The molecule has 30 heavy (non-hydrogen) atoms. The van der Waals surface area contributed by atoms with Crippen LogP contribution >= 0.6 is 23.2 Å². The van der Waals surface area contributed by atoms with Gasteiger partial charge in [-0.15, -0.1) is 0 Å². The number of ketones is 1. The zero-order valence-corrected chi connectivity index (χ0v) is 18.2. The number of hydrogen-bond donors (Lipinski definition) is 0. The van der Waals surface area contributed by atoms with Gasteiger partial charge in [0.15, 0.2) is 5.78 Å². The van der Waals surface area contributed by atoms with Gasteiger partial charge in [-0.05, 0) is 69.2 Å². The third kappa shape index (κ3) is 6.34. The SMILES string of the molecule is Cc1ccc(C(=O)/C=C(\c2cc(Cl)cc(Cl)c2)C(F)(F)F)cc1C(=O)OC(C)(C)C. The number of benzene rings is 2. The summed E-state index contributed by atoms with van der Waals surface area (Å²) >= 11 is 11.6. The van der Waals surface area contributed by atoms with Gasteiger partial charge in [0, 0.05) is 15.6 Å². The van der Waals surface area contributed by atoms with E-state index in [0.717, 1.165) is 12.1 Å². The summed E-state index contributed by atoms with van der Waals surface area (Å²) in [7, 11) is 0. The van der Waals surface area contributed by atoms with Crippen molar-refractivity contribution in [3.05, 3.63) is 74.8 Å². The second-order valence-electron chi connectivity index (χ2n) is 7.61. The molecule has 0 N–H and O–H groups in total. The van der Waals surface area contributed by atoms with E-state index in [2.05, 4.69) is 0 Å². The molecule has 0 spiro atoms. The maximum absolute atomic E-state index is 13.6. The molecule has 0 atom stereocenters. The molecule has 2 rings (SSSR count). The zero-order valence-electron chi connectivity index (χ0n) is 16.7. The molecule has 0 heterocycles. The Morgan fingerprint density at radius 2 is 1.50 bits per heavy atom. The van der Waals surface area contributed by atoms with Crippen LogP contribution in [0.25, 0.3) is 5.57 Å². The van der Waals surface area contributed by atoms with Gasteiger partial charge < -0.3 is 4.74 Å². The Bertz CT molecular complexity index is 999. The van der Waals surface area contributed by atoms with Crippen LogP contribution in [0, 0.1) is 6.92 Å². The third-order valence-corrected chi connectivity index (χ3v) is 4.33. The number of alkyl halides is 3. The van der Waals surface area contributed by atoms with Crippen LogP contribution in [0.15, 0.2) is 42.5 Å². The standard InChI is InChI=1S/C22H19Cl2F3O3/c1-12-5-6-13(9-17(12)20(29)30-21(2,3)4)19(28)11-18(22(25,26)27)14-7-15(23)10-16(24)8-14/h5-11H,1-4H3/b18-11+. The van der Waals surface area contributed by atoms with Crippen molar-refractivity contribution in [2.75, 3.05) is 0 Å². The van der Waals surface area contributed by atoms with Crippen LogP contribution < -0.4 is 0 Å². The highest BCUT2D eigenvalue weighted by atomic mass is 35.5. The number of hydrogen-bond acceptors (Lipinski definition) is 3. The first kappa shape index (κ1) is 24.0. The van der Waals surface area contributed by atoms with E-state index in [0.29, 0.717) is 11.6 Å². The predicted octanol–water partition coefficient (Wildman–Crippen LogP) is 7.09. The summed E-state index contributed by atoms with van der Waals surface area (Å²) in [6.07, 6.45) is -4.37. The van der Waals surface area contributed by atoms with Gasteiger partial charge in [0.25, 0.3) is 0 Å². The molecular weight excluding hydrogens is 440 g/mol. The summed E-state index contributed by atoms with van der Waals surface area (Å²) in [6.45, 7) is 6.69. The van der Waals surface area contributed by atoms with Crippen LogP contribution in [0.1, 0.15) is 52.6 Å². The number of esters is 1. The minimum atomic E-state index is -4.83. The Labute approximate surface area is 182 Å². The Morgan fingerprint density at radius 1 is 0.933 bits per heavy atom. The van der Waals surface area contributed by atoms with Crippen LogP contribution in [-0.4, -0.2) is 23.5 Å². The first-order valence-electron chi connectivity index (χ1n) is 8.81. The van der Waals surface area contributed by atoms with E-state index < -0.39 is 29.1 Å². The van der Waals surface area contributed by atoms with Crippen molar-refractivity contribution in [3.8, 4) is 0 Å². The smallest absolute Gasteiger partial charge is 0.417 e. The maximum Gasteiger partial charge on any atom is 0.417 e. The van der Waals surface area contributed by atoms with Gasteiger partial charge >= 0.3 is 12.1 Å². The predicted molar refractivity (Wildman–Crippen MR) is 111 cm³/mol. The maximum atomic E-state index is 13.6. The van der Waals surface area contributed by atoms with Crippen LogP contribution in [-0.2, 0) is 4.74 Å². The van der Waals surface area contributed by atoms with Crippen molar-refractivity contribution in [3.63, 3.8) is 0 Å². The third-order valence-electron chi connectivity index (χ3n) is 3.90. The fourth-order valence-electron chi connectivity index (χ4n) is 2.58. The van der Waals surface area contributed by atoms with Gasteiger partial charge in [-0.25, -0.2) is 4.79 Å². The number of allylic oxidation sites excluding steroid dienone is 2. The molecule has 0 unspecified atom stereocenters. The van der Waals surface area contributed by atoms with Crippen molar-refractivity contribution in [2.24, 2.45) is 0 Å². The summed E-state index contributed by atoms with van der Waals surface area (Å²) < 4.78 is 46.2. The average Bonchev–Trinajstić information content (AvgIpc) is 2.56. The highest BCUT2D eigenvalue weighted by molar-refractivity contribution is 6.35. The lowest BCUT2D eigenvalue weighted by Crippen LogP contribution is -2.24. The molecule has 0 saturated carbocycles. The lowest BCUT2D eigenvalue weighted by atomic mass is 9.98. The molecule has 2 aromatic carbocycles. The molecule has 160 valence electrons. The highest BCUT2D eigenvalue weighted by Crippen LogP contribution is 2.36. The largest absolute Gasteiger partial charge is 0.456 e. The van der Waals surface area contributed by atoms with E-state index in [1.807, 2.05) is 0 Å². The fourth-order valence-corrected chi connectivity index (χ4v) is 3.11. The molecule has 2 aromatic rings. The molecule has 0 aliphatic heterocycles. The van der Waals surface area contributed by atoms with E-state index in [-0.39, 0.29) is 26.7 Å². The summed E-state index contributed by atoms with van der Waals surface area (Å²) in [5.41, 5.74) is -1.76. The van der Waals surface area contributed by atoms with Crippen molar-refractivity contribution in [1.82, 2.24) is 0 Å². The molecule has 0 aliphatic carbocycles. The van der Waals surface area contributed by atoms with Gasteiger partial charge in [-0.1, -0.05) is 35.3 Å². The molecule has 8 heteroatoms. The fraction of sp³-hybridized carbons (Fsp3) is 0.273. The highest BCUT2D eigenvalue weighted by Gasteiger charge is 2.36. The first-order chi connectivity index (χ1) is 13.7. The van der Waals surface area contributed by atoms with E-state index in [9.17, 15) is 22.8 Å². The second kappa shape index (κ2) is 8.82. The molecule has 0 amide bonds. The van der Waals surface area contributed by atoms with Gasteiger partial charge in [0.05, 0.1) is 11.1 Å². The van der Waals surface area contributed by atoms with Crippen molar-refractivity contribution in [2.45, 2.75) is 39.5 Å². The van der Waals surface area contributed by atoms with E-state index in [1.165, 1.54) is 24.3 Å². The number of carbonyl (C=O) groups excluding carboxylic acids is 2. The quantitative estimate of drug-likeness (QED) is 0.279. The van der Waals surface area contributed by atoms with Crippen molar-refractivity contribution < 1.29 is 27.5 Å². The van der Waals surface area contributed by atoms with Crippen LogP contribution in [0.5, 0.6) is 0 Å². The van der Waals surface area contributed by atoms with Crippen molar-refractivity contribution >= 4 is 40.5 Å². The Hall–Kier alpha value is -2.31. The normalized spacial score (nSPS) is 12.6. The lowest BCUT2D eigenvalue weighted by Gasteiger charge is -2.20. The molecule has 0 saturated heterocycles. The van der Waals surface area contributed by atoms with Gasteiger partial charge in [0.2, 0.25) is 0 Å². The lowest BCUT2D eigenvalue weighted by molar-refractivity contribution is -0.0689. The number of carbonyl (C=O) groups is 2. The monoisotopic (exact) mass is 458 g/mol. The molecule has 0 aliphatic rings. The molecule has 0 aromatic heterocycles. The average molecular weight is 459 g/mol. The van der Waals surface area contributed by atoms with Gasteiger partial charge in [-0.2, -0.15) is 13.2 Å². The zero-order chi connectivity index (χ0) is 22.9. The Balaban J connectivity index is 2.50. The summed E-state index contributed by atoms with van der Waals surface area (Å²) in [6, 6.07) is 7.48. The number of ether oxygens (including phenoxy) is 1. The summed E-state index contributed by atoms with van der Waals surface area (Å²) in [5, 5.41) is 0.00490. The van der Waals surface area contributed by atoms with Crippen LogP contribution in [0.4, 0.5) is 13.2 Å². The van der Waals surface area contributed by atoms with E-state index in [4.69, 9.17) is 27.9 Å². The molecule has 0 bridgehead atoms. The summed E-state index contributed by atoms with van der Waals surface area (Å²) in [4.78, 5) is 25.0. The van der Waals surface area contributed by atoms with Crippen molar-refractivity contribution in [1.29, 1.82) is 0 Å². The Kier molecular flexibility index (Phi) is 7.05. The molecule has 0 radical (unpaired) electrons. The molecule has 0 fully saturated rings. The second-order valence-corrected chi connectivity index (χ2v) is 8.48. The summed E-state index contributed by atoms with van der Waals surface area (Å²) in [5.74, 6) is -1.60. The number of aryl methyl sites for hydroxylation is 1. The topological polar surface area (TPSA) is 43.4 Å². The number of rotatable bonds is 4. The van der Waals surface area contributed by atoms with E-state index >= 15 is 0 Å². The van der Waals surface area contributed by atoms with Crippen LogP contribution in [0.3, 0.4) is 0 Å². The van der Waals surface area contributed by atoms with Crippen LogP contribution in [0.2, 0.25) is 10.0 Å². The number of halogens is 5. The van der Waals surface area contributed by atoms with Gasteiger partial charge in [-0.3, -0.25) is 4.79 Å². The van der Waals surface area contributed by atoms with Gasteiger partial charge in [0.1, 0.15) is 5.60 Å². The Morgan fingerprint density at radius 3 is 2.00 bits per heavy atom.